The Hall–Kier alpha value is -2.01. The first kappa shape index (κ1) is 12.0. The van der Waals surface area contributed by atoms with Crippen LogP contribution in [0.15, 0.2) is 18.2 Å². The lowest BCUT2D eigenvalue weighted by Gasteiger charge is -2.17. The van der Waals surface area contributed by atoms with Gasteiger partial charge in [-0.05, 0) is 47.7 Å². The Morgan fingerprint density at radius 1 is 1.42 bits per heavy atom. The van der Waals surface area contributed by atoms with Gasteiger partial charge in [0.05, 0.1) is 12.7 Å². The van der Waals surface area contributed by atoms with E-state index in [9.17, 15) is 9.90 Å². The van der Waals surface area contributed by atoms with Crippen molar-refractivity contribution >= 4 is 22.3 Å². The molecule has 0 aliphatic heterocycles. The molecule has 1 heterocycles. The molecule has 3 N–H and O–H groups in total. The Bertz CT molecular complexity index is 676. The number of aromatic carboxylic acids is 1. The largest absolute Gasteiger partial charge is 0.497 e. The van der Waals surface area contributed by atoms with Gasteiger partial charge in [-0.2, -0.15) is 0 Å². The molecule has 1 aromatic carbocycles. The average molecular weight is 275 g/mol. The molecule has 2 aromatic rings. The van der Waals surface area contributed by atoms with Crippen molar-refractivity contribution in [1.82, 2.24) is 0 Å². The third-order valence-electron chi connectivity index (χ3n) is 3.45. The van der Waals surface area contributed by atoms with Gasteiger partial charge in [0.1, 0.15) is 10.8 Å². The molecular weight excluding hydrogens is 262 g/mol. The number of hydrogen-bond donors (Lipinski definition) is 2. The zero-order valence-corrected chi connectivity index (χ0v) is 11.2. The highest BCUT2D eigenvalue weighted by atomic mass is 32.1. The van der Waals surface area contributed by atoms with Crippen LogP contribution in [-0.2, 0) is 12.8 Å². The summed E-state index contributed by atoms with van der Waals surface area (Å²) in [4.78, 5) is 12.3. The van der Waals surface area contributed by atoms with Crippen LogP contribution in [0.4, 0.5) is 5.00 Å². The van der Waals surface area contributed by atoms with Crippen molar-refractivity contribution in [2.24, 2.45) is 0 Å². The predicted octanol–water partition coefficient (Wildman–Crippen LogP) is 2.80. The maximum atomic E-state index is 11.3. The van der Waals surface area contributed by atoms with Crippen molar-refractivity contribution in [3.8, 4) is 16.2 Å². The number of carboxylic acid groups (broad SMARTS) is 1. The summed E-state index contributed by atoms with van der Waals surface area (Å²) < 4.78 is 5.22. The normalized spacial score (nSPS) is 12.7. The number of thiophene rings is 1. The lowest BCUT2D eigenvalue weighted by Crippen LogP contribution is -2.08. The van der Waals surface area contributed by atoms with Crippen molar-refractivity contribution < 1.29 is 14.6 Å². The SMILES string of the molecule is COc1ccc2c(c1)CCc1c-2sc(N)c1C(=O)O. The number of hydrogen-bond acceptors (Lipinski definition) is 4. The highest BCUT2D eigenvalue weighted by molar-refractivity contribution is 7.20. The molecule has 0 spiro atoms. The molecule has 0 amide bonds. The van der Waals surface area contributed by atoms with Crippen LogP contribution in [0.5, 0.6) is 5.75 Å². The van der Waals surface area contributed by atoms with E-state index < -0.39 is 5.97 Å². The van der Waals surface area contributed by atoms with Crippen LogP contribution in [0.1, 0.15) is 21.5 Å². The first-order chi connectivity index (χ1) is 9.11. The summed E-state index contributed by atoms with van der Waals surface area (Å²) in [5.41, 5.74) is 9.26. The maximum absolute atomic E-state index is 11.3. The van der Waals surface area contributed by atoms with Gasteiger partial charge in [-0.1, -0.05) is 0 Å². The summed E-state index contributed by atoms with van der Waals surface area (Å²) in [6, 6.07) is 5.88. The van der Waals surface area contributed by atoms with Gasteiger partial charge < -0.3 is 15.6 Å². The van der Waals surface area contributed by atoms with Gasteiger partial charge in [-0.25, -0.2) is 4.79 Å². The summed E-state index contributed by atoms with van der Waals surface area (Å²) in [6.07, 6.45) is 1.53. The number of anilines is 1. The van der Waals surface area contributed by atoms with Crippen LogP contribution in [0, 0.1) is 0 Å². The number of fused-ring (bicyclic) bond motifs is 3. The van der Waals surface area contributed by atoms with Gasteiger partial charge in [0, 0.05) is 4.88 Å². The van der Waals surface area contributed by atoms with Crippen LogP contribution in [-0.4, -0.2) is 18.2 Å². The van der Waals surface area contributed by atoms with Crippen LogP contribution in [0.25, 0.3) is 10.4 Å². The van der Waals surface area contributed by atoms with Gasteiger partial charge in [0.15, 0.2) is 0 Å². The van der Waals surface area contributed by atoms with E-state index in [2.05, 4.69) is 0 Å². The molecule has 98 valence electrons. The Morgan fingerprint density at radius 3 is 2.89 bits per heavy atom. The Morgan fingerprint density at radius 2 is 2.21 bits per heavy atom. The van der Waals surface area contributed by atoms with Crippen LogP contribution < -0.4 is 10.5 Å². The zero-order valence-electron chi connectivity index (χ0n) is 10.4. The smallest absolute Gasteiger partial charge is 0.338 e. The standard InChI is InChI=1S/C14H13NO3S/c1-18-8-3-5-9-7(6-8)2-4-10-11(14(16)17)13(15)19-12(9)10/h3,5-6H,2,4,15H2,1H3,(H,16,17). The van der Waals surface area contributed by atoms with E-state index in [1.165, 1.54) is 16.9 Å². The molecule has 3 rings (SSSR count). The zero-order chi connectivity index (χ0) is 13.6. The molecule has 19 heavy (non-hydrogen) atoms. The second-order valence-corrected chi connectivity index (χ2v) is 5.53. The van der Waals surface area contributed by atoms with E-state index in [0.29, 0.717) is 11.4 Å². The molecule has 4 nitrogen and oxygen atoms in total. The first-order valence-electron chi connectivity index (χ1n) is 5.93. The second-order valence-electron chi connectivity index (χ2n) is 4.48. The topological polar surface area (TPSA) is 72.5 Å². The van der Waals surface area contributed by atoms with E-state index in [-0.39, 0.29) is 5.56 Å². The lowest BCUT2D eigenvalue weighted by molar-refractivity contribution is 0.0697. The number of nitrogen functional groups attached to an aromatic ring is 1. The van der Waals surface area contributed by atoms with Crippen molar-refractivity contribution in [2.45, 2.75) is 12.8 Å². The van der Waals surface area contributed by atoms with E-state index >= 15 is 0 Å². The predicted molar refractivity (Wildman–Crippen MR) is 75.1 cm³/mol. The summed E-state index contributed by atoms with van der Waals surface area (Å²) in [5, 5.41) is 9.64. The molecule has 0 saturated carbocycles. The Labute approximate surface area is 114 Å². The number of ether oxygens (including phenoxy) is 1. The highest BCUT2D eigenvalue weighted by Crippen LogP contribution is 2.44. The number of carbonyl (C=O) groups is 1. The van der Waals surface area contributed by atoms with Crippen molar-refractivity contribution in [1.29, 1.82) is 0 Å². The minimum absolute atomic E-state index is 0.279. The highest BCUT2D eigenvalue weighted by Gasteiger charge is 2.27. The quantitative estimate of drug-likeness (QED) is 0.884. The Kier molecular flexibility index (Phi) is 2.71. The van der Waals surface area contributed by atoms with E-state index in [1.54, 1.807) is 7.11 Å². The third kappa shape index (κ3) is 1.77. The van der Waals surface area contributed by atoms with Gasteiger partial charge in [-0.15, -0.1) is 11.3 Å². The molecule has 0 saturated heterocycles. The fourth-order valence-electron chi connectivity index (χ4n) is 2.56. The van der Waals surface area contributed by atoms with E-state index in [4.69, 9.17) is 10.5 Å². The number of methoxy groups -OCH3 is 1. The fraction of sp³-hybridized carbons (Fsp3) is 0.214. The van der Waals surface area contributed by atoms with E-state index in [1.807, 2.05) is 18.2 Å². The monoisotopic (exact) mass is 275 g/mol. The van der Waals surface area contributed by atoms with E-state index in [0.717, 1.165) is 28.2 Å². The van der Waals surface area contributed by atoms with Gasteiger partial charge >= 0.3 is 5.97 Å². The fourth-order valence-corrected chi connectivity index (χ4v) is 3.73. The molecule has 1 aliphatic carbocycles. The molecule has 1 aliphatic rings. The number of carboxylic acids is 1. The Balaban J connectivity index is 2.20. The number of nitrogens with two attached hydrogens (primary N) is 1. The average Bonchev–Trinajstić information content (AvgIpc) is 2.74. The summed E-state index contributed by atoms with van der Waals surface area (Å²) in [6.45, 7) is 0. The molecule has 1 aromatic heterocycles. The lowest BCUT2D eigenvalue weighted by atomic mass is 9.89. The minimum atomic E-state index is -0.938. The number of benzene rings is 1. The molecule has 0 unspecified atom stereocenters. The van der Waals surface area contributed by atoms with Crippen molar-refractivity contribution in [3.05, 3.63) is 34.9 Å². The molecule has 0 bridgehead atoms. The van der Waals surface area contributed by atoms with Crippen LogP contribution in [0.2, 0.25) is 0 Å². The first-order valence-corrected chi connectivity index (χ1v) is 6.75. The van der Waals surface area contributed by atoms with Gasteiger partial charge in [0.25, 0.3) is 0 Å². The third-order valence-corrected chi connectivity index (χ3v) is 4.54. The number of rotatable bonds is 2. The van der Waals surface area contributed by atoms with Crippen molar-refractivity contribution in [3.63, 3.8) is 0 Å². The summed E-state index contributed by atoms with van der Waals surface area (Å²) >= 11 is 1.36. The van der Waals surface area contributed by atoms with Crippen LogP contribution >= 0.6 is 11.3 Å². The molecular formula is C14H13NO3S. The molecule has 5 heteroatoms. The molecule has 0 radical (unpaired) electrons. The molecule has 0 fully saturated rings. The van der Waals surface area contributed by atoms with Crippen LogP contribution in [0.3, 0.4) is 0 Å². The molecule has 0 atom stereocenters. The number of aryl methyl sites for hydroxylation is 1. The maximum Gasteiger partial charge on any atom is 0.338 e. The second kappa shape index (κ2) is 4.28. The summed E-state index contributed by atoms with van der Waals surface area (Å²) in [7, 11) is 1.64. The van der Waals surface area contributed by atoms with Gasteiger partial charge in [-0.3, -0.25) is 0 Å². The summed E-state index contributed by atoms with van der Waals surface area (Å²) in [5.74, 6) is -0.114. The van der Waals surface area contributed by atoms with Gasteiger partial charge in [0.2, 0.25) is 0 Å². The van der Waals surface area contributed by atoms with Crippen molar-refractivity contribution in [2.75, 3.05) is 12.8 Å². The minimum Gasteiger partial charge on any atom is -0.497 e.